The molecule has 23 heavy (non-hydrogen) atoms. The van der Waals surface area contributed by atoms with E-state index in [0.717, 1.165) is 5.56 Å². The molecule has 2 aromatic rings. The monoisotopic (exact) mass is 353 g/mol. The number of sulfonamides is 1. The number of benzene rings is 2. The molecule has 122 valence electrons. The zero-order chi connectivity index (χ0) is 17.0. The van der Waals surface area contributed by atoms with Crippen molar-refractivity contribution >= 4 is 27.6 Å². The van der Waals surface area contributed by atoms with Crippen molar-refractivity contribution in [1.82, 2.24) is 4.72 Å². The van der Waals surface area contributed by atoms with Crippen LogP contribution in [0, 0.1) is 6.92 Å². The minimum absolute atomic E-state index is 0.00512. The lowest BCUT2D eigenvalue weighted by Gasteiger charge is -2.10. The summed E-state index contributed by atoms with van der Waals surface area (Å²) in [5.41, 5.74) is 1.60. The Bertz CT molecular complexity index is 834. The van der Waals surface area contributed by atoms with E-state index < -0.39 is 16.0 Å². The Morgan fingerprint density at radius 1 is 1.22 bits per heavy atom. The number of nitrogens with one attached hydrogen (secondary N) is 1. The molecule has 0 unspecified atom stereocenters. The molecule has 1 N–H and O–H groups in total. The van der Waals surface area contributed by atoms with Crippen molar-refractivity contribution in [1.29, 1.82) is 0 Å². The number of methoxy groups -OCH3 is 1. The number of aryl methyl sites for hydroxylation is 1. The largest absolute Gasteiger partial charge is 0.465 e. The van der Waals surface area contributed by atoms with Gasteiger partial charge in [0.05, 0.1) is 17.6 Å². The Balaban J connectivity index is 2.24. The third-order valence-electron chi connectivity index (χ3n) is 3.28. The van der Waals surface area contributed by atoms with Crippen LogP contribution in [0.3, 0.4) is 0 Å². The molecule has 2 aromatic carbocycles. The van der Waals surface area contributed by atoms with Gasteiger partial charge < -0.3 is 4.74 Å². The lowest BCUT2D eigenvalue weighted by molar-refractivity contribution is 0.0599. The van der Waals surface area contributed by atoms with E-state index in [-0.39, 0.29) is 17.0 Å². The average molecular weight is 354 g/mol. The number of hydrogen-bond acceptors (Lipinski definition) is 4. The molecule has 2 rings (SSSR count). The highest BCUT2D eigenvalue weighted by molar-refractivity contribution is 7.89. The Morgan fingerprint density at radius 3 is 2.61 bits per heavy atom. The molecule has 0 bridgehead atoms. The third-order valence-corrected chi connectivity index (χ3v) is 4.91. The van der Waals surface area contributed by atoms with E-state index in [4.69, 9.17) is 11.6 Å². The first-order valence-corrected chi connectivity index (χ1v) is 8.62. The average Bonchev–Trinajstić information content (AvgIpc) is 2.52. The molecule has 0 fully saturated rings. The van der Waals surface area contributed by atoms with Crippen molar-refractivity contribution < 1.29 is 17.9 Å². The fraction of sp³-hybridized carbons (Fsp3) is 0.188. The van der Waals surface area contributed by atoms with E-state index in [0.29, 0.717) is 10.6 Å². The predicted octanol–water partition coefficient (Wildman–Crippen LogP) is 2.91. The number of carbonyl (C=O) groups excluding carboxylic acids is 1. The van der Waals surface area contributed by atoms with Crippen molar-refractivity contribution in [3.63, 3.8) is 0 Å². The molecule has 0 heterocycles. The van der Waals surface area contributed by atoms with Crippen LogP contribution < -0.4 is 4.72 Å². The van der Waals surface area contributed by atoms with Gasteiger partial charge >= 0.3 is 5.97 Å². The van der Waals surface area contributed by atoms with Crippen LogP contribution in [0.25, 0.3) is 0 Å². The highest BCUT2D eigenvalue weighted by Crippen LogP contribution is 2.17. The molecule has 0 saturated carbocycles. The molecule has 0 saturated heterocycles. The molecule has 0 aromatic heterocycles. The molecule has 5 nitrogen and oxygen atoms in total. The van der Waals surface area contributed by atoms with Crippen LogP contribution in [0.1, 0.15) is 21.5 Å². The van der Waals surface area contributed by atoms with Crippen LogP contribution in [0.4, 0.5) is 0 Å². The lowest BCUT2D eigenvalue weighted by Crippen LogP contribution is -2.23. The second-order valence-corrected chi connectivity index (χ2v) is 7.13. The first-order chi connectivity index (χ1) is 10.8. The van der Waals surface area contributed by atoms with Gasteiger partial charge in [0.1, 0.15) is 0 Å². The van der Waals surface area contributed by atoms with Crippen LogP contribution in [0.2, 0.25) is 5.02 Å². The highest BCUT2D eigenvalue weighted by Gasteiger charge is 2.18. The SMILES string of the molecule is COC(=O)c1cc(S(=O)(=O)NCc2cccc(Cl)c2)ccc1C. The third kappa shape index (κ3) is 4.31. The summed E-state index contributed by atoms with van der Waals surface area (Å²) in [6.07, 6.45) is 0. The number of halogens is 1. The summed E-state index contributed by atoms with van der Waals surface area (Å²) in [5.74, 6) is -0.575. The molecule has 0 aliphatic heterocycles. The van der Waals surface area contributed by atoms with Crippen molar-refractivity contribution in [2.75, 3.05) is 7.11 Å². The van der Waals surface area contributed by atoms with E-state index in [9.17, 15) is 13.2 Å². The maximum absolute atomic E-state index is 12.4. The number of ether oxygens (including phenoxy) is 1. The normalized spacial score (nSPS) is 11.3. The molecular weight excluding hydrogens is 338 g/mol. The van der Waals surface area contributed by atoms with Gasteiger partial charge in [-0.25, -0.2) is 17.9 Å². The molecule has 0 spiro atoms. The van der Waals surface area contributed by atoms with Crippen molar-refractivity contribution in [2.45, 2.75) is 18.4 Å². The molecular formula is C16H16ClNO4S. The van der Waals surface area contributed by atoms with Crippen LogP contribution in [0.5, 0.6) is 0 Å². The number of esters is 1. The van der Waals surface area contributed by atoms with E-state index in [1.165, 1.54) is 19.2 Å². The second kappa shape index (κ2) is 7.12. The maximum atomic E-state index is 12.4. The highest BCUT2D eigenvalue weighted by atomic mass is 35.5. The van der Waals surface area contributed by atoms with Crippen LogP contribution in [0.15, 0.2) is 47.4 Å². The van der Waals surface area contributed by atoms with E-state index in [1.54, 1.807) is 37.3 Å². The number of hydrogen-bond donors (Lipinski definition) is 1. The van der Waals surface area contributed by atoms with Gasteiger partial charge in [-0.15, -0.1) is 0 Å². The van der Waals surface area contributed by atoms with Crippen LogP contribution in [-0.2, 0) is 21.3 Å². The van der Waals surface area contributed by atoms with Gasteiger partial charge in [-0.3, -0.25) is 0 Å². The quantitative estimate of drug-likeness (QED) is 0.839. The first kappa shape index (κ1) is 17.5. The smallest absolute Gasteiger partial charge is 0.338 e. The zero-order valence-corrected chi connectivity index (χ0v) is 14.2. The fourth-order valence-electron chi connectivity index (χ4n) is 2.01. The summed E-state index contributed by atoms with van der Waals surface area (Å²) in [4.78, 5) is 11.7. The van der Waals surface area contributed by atoms with Gasteiger partial charge in [0.15, 0.2) is 0 Å². The molecule has 0 radical (unpaired) electrons. The zero-order valence-electron chi connectivity index (χ0n) is 12.7. The van der Waals surface area contributed by atoms with Gasteiger partial charge in [0.2, 0.25) is 10.0 Å². The van der Waals surface area contributed by atoms with Gasteiger partial charge in [0, 0.05) is 11.6 Å². The Hall–Kier alpha value is -1.89. The Labute approximate surface area is 140 Å². The van der Waals surface area contributed by atoms with Gasteiger partial charge in [-0.05, 0) is 42.3 Å². The summed E-state index contributed by atoms with van der Waals surface area (Å²) in [6.45, 7) is 1.81. The molecule has 7 heteroatoms. The molecule has 0 atom stereocenters. The summed E-state index contributed by atoms with van der Waals surface area (Å²) in [5, 5.41) is 0.532. The fourth-order valence-corrected chi connectivity index (χ4v) is 3.26. The summed E-state index contributed by atoms with van der Waals surface area (Å²) >= 11 is 5.87. The van der Waals surface area contributed by atoms with Crippen molar-refractivity contribution in [3.8, 4) is 0 Å². The number of carbonyl (C=O) groups is 1. The topological polar surface area (TPSA) is 72.5 Å². The van der Waals surface area contributed by atoms with Crippen LogP contribution in [-0.4, -0.2) is 21.5 Å². The maximum Gasteiger partial charge on any atom is 0.338 e. The molecule has 0 aliphatic rings. The van der Waals surface area contributed by atoms with Gasteiger partial charge in [-0.1, -0.05) is 29.8 Å². The minimum atomic E-state index is -3.75. The number of rotatable bonds is 5. The standard InChI is InChI=1S/C16H16ClNO4S/c1-11-6-7-14(9-15(11)16(19)22-2)23(20,21)18-10-12-4-3-5-13(17)8-12/h3-9,18H,10H2,1-2H3. The van der Waals surface area contributed by atoms with E-state index >= 15 is 0 Å². The summed E-state index contributed by atoms with van der Waals surface area (Å²) in [6, 6.07) is 11.2. The molecule has 0 amide bonds. The minimum Gasteiger partial charge on any atom is -0.465 e. The first-order valence-electron chi connectivity index (χ1n) is 6.76. The van der Waals surface area contributed by atoms with E-state index in [2.05, 4.69) is 9.46 Å². The summed E-state index contributed by atoms with van der Waals surface area (Å²) < 4.78 is 31.9. The van der Waals surface area contributed by atoms with Crippen molar-refractivity contribution in [3.05, 3.63) is 64.2 Å². The van der Waals surface area contributed by atoms with Crippen LogP contribution >= 0.6 is 11.6 Å². The Morgan fingerprint density at radius 2 is 1.96 bits per heavy atom. The molecule has 0 aliphatic carbocycles. The van der Waals surface area contributed by atoms with Crippen molar-refractivity contribution in [2.24, 2.45) is 0 Å². The van der Waals surface area contributed by atoms with Gasteiger partial charge in [0.25, 0.3) is 0 Å². The summed E-state index contributed by atoms with van der Waals surface area (Å²) in [7, 11) is -2.50. The second-order valence-electron chi connectivity index (χ2n) is 4.92. The predicted molar refractivity (Wildman–Crippen MR) is 88.0 cm³/mol. The van der Waals surface area contributed by atoms with Gasteiger partial charge in [-0.2, -0.15) is 0 Å². The van der Waals surface area contributed by atoms with E-state index in [1.807, 2.05) is 0 Å². The Kier molecular flexibility index (Phi) is 5.41. The lowest BCUT2D eigenvalue weighted by atomic mass is 10.1.